The number of carbonyl (C=O) groups is 2. The van der Waals surface area contributed by atoms with E-state index in [4.69, 9.17) is 0 Å². The second-order valence-electron chi connectivity index (χ2n) is 6.80. The average molecular weight is 408 g/mol. The summed E-state index contributed by atoms with van der Waals surface area (Å²) in [4.78, 5) is 43.6. The number of benzene rings is 1. The summed E-state index contributed by atoms with van der Waals surface area (Å²) in [5.74, 6) is 0.0218. The highest BCUT2D eigenvalue weighted by atomic mass is 32.1. The van der Waals surface area contributed by atoms with Gasteiger partial charge in [-0.05, 0) is 25.0 Å². The van der Waals surface area contributed by atoms with Gasteiger partial charge in [-0.1, -0.05) is 41.7 Å². The SMILES string of the molecule is Cc1nc(-n2ccc(N3CCNC3=O)cc2=O)sc1C(=O)CCc1ccccc1. The predicted molar refractivity (Wildman–Crippen MR) is 112 cm³/mol. The summed E-state index contributed by atoms with van der Waals surface area (Å²) in [6.45, 7) is 2.87. The van der Waals surface area contributed by atoms with Crippen LogP contribution in [0.5, 0.6) is 0 Å². The minimum absolute atomic E-state index is 0.0218. The highest BCUT2D eigenvalue weighted by Gasteiger charge is 2.22. The molecule has 1 saturated heterocycles. The van der Waals surface area contributed by atoms with Crippen molar-refractivity contribution in [1.82, 2.24) is 14.9 Å². The fraction of sp³-hybridized carbons (Fsp3) is 0.238. The number of nitrogens with zero attached hydrogens (tertiary/aromatic N) is 3. The molecule has 0 radical (unpaired) electrons. The Morgan fingerprint density at radius 2 is 2.00 bits per heavy atom. The van der Waals surface area contributed by atoms with Gasteiger partial charge in [0.15, 0.2) is 10.9 Å². The molecular formula is C21H20N4O3S. The molecule has 4 rings (SSSR count). The molecule has 0 spiro atoms. The number of pyridine rings is 1. The fourth-order valence-corrected chi connectivity index (χ4v) is 4.30. The summed E-state index contributed by atoms with van der Waals surface area (Å²) in [6, 6.07) is 12.8. The topological polar surface area (TPSA) is 84.3 Å². The number of carbonyl (C=O) groups excluding carboxylic acids is 2. The number of anilines is 1. The summed E-state index contributed by atoms with van der Waals surface area (Å²) >= 11 is 1.22. The summed E-state index contributed by atoms with van der Waals surface area (Å²) < 4.78 is 1.41. The van der Waals surface area contributed by atoms with Gasteiger partial charge in [-0.25, -0.2) is 9.78 Å². The number of rotatable bonds is 6. The zero-order valence-corrected chi connectivity index (χ0v) is 16.7. The van der Waals surface area contributed by atoms with E-state index in [1.807, 2.05) is 30.3 Å². The third-order valence-electron chi connectivity index (χ3n) is 4.80. The molecule has 0 bridgehead atoms. The average Bonchev–Trinajstić information content (AvgIpc) is 3.32. The zero-order chi connectivity index (χ0) is 20.4. The minimum Gasteiger partial charge on any atom is -0.336 e. The monoisotopic (exact) mass is 408 g/mol. The molecule has 1 fully saturated rings. The Bertz CT molecular complexity index is 1120. The van der Waals surface area contributed by atoms with Gasteiger partial charge in [0, 0.05) is 31.8 Å². The minimum atomic E-state index is -0.292. The Balaban J connectivity index is 1.53. The molecule has 148 valence electrons. The highest BCUT2D eigenvalue weighted by molar-refractivity contribution is 7.16. The number of thiazole rings is 1. The van der Waals surface area contributed by atoms with Gasteiger partial charge in [-0.2, -0.15) is 0 Å². The summed E-state index contributed by atoms with van der Waals surface area (Å²) in [7, 11) is 0. The normalized spacial score (nSPS) is 13.6. The van der Waals surface area contributed by atoms with Gasteiger partial charge >= 0.3 is 6.03 Å². The third-order valence-corrected chi connectivity index (χ3v) is 6.00. The Morgan fingerprint density at radius 1 is 1.21 bits per heavy atom. The summed E-state index contributed by atoms with van der Waals surface area (Å²) in [6.07, 6.45) is 2.66. The molecule has 3 aromatic rings. The van der Waals surface area contributed by atoms with Crippen LogP contribution >= 0.6 is 11.3 Å². The van der Waals surface area contributed by atoms with Crippen molar-refractivity contribution in [3.05, 3.63) is 75.1 Å². The van der Waals surface area contributed by atoms with E-state index in [0.717, 1.165) is 5.56 Å². The lowest BCUT2D eigenvalue weighted by atomic mass is 10.1. The van der Waals surface area contributed by atoms with E-state index < -0.39 is 0 Å². The molecule has 0 unspecified atom stereocenters. The van der Waals surface area contributed by atoms with Gasteiger partial charge in [-0.3, -0.25) is 19.1 Å². The summed E-state index contributed by atoms with van der Waals surface area (Å²) in [5, 5.41) is 3.16. The van der Waals surface area contributed by atoms with E-state index in [-0.39, 0.29) is 17.4 Å². The molecule has 1 aliphatic rings. The van der Waals surface area contributed by atoms with Crippen molar-refractivity contribution in [3.8, 4) is 5.13 Å². The number of hydrogen-bond acceptors (Lipinski definition) is 5. The van der Waals surface area contributed by atoms with Crippen LogP contribution in [0.3, 0.4) is 0 Å². The first kappa shape index (κ1) is 19.1. The van der Waals surface area contributed by atoms with E-state index in [9.17, 15) is 14.4 Å². The Labute approximate surface area is 171 Å². The fourth-order valence-electron chi connectivity index (χ4n) is 3.27. The van der Waals surface area contributed by atoms with Crippen molar-refractivity contribution >= 4 is 28.8 Å². The molecule has 2 aromatic heterocycles. The quantitative estimate of drug-likeness (QED) is 0.636. The lowest BCUT2D eigenvalue weighted by molar-refractivity contribution is 0.0986. The van der Waals surface area contributed by atoms with Gasteiger partial charge in [0.2, 0.25) is 0 Å². The molecule has 29 heavy (non-hydrogen) atoms. The van der Waals surface area contributed by atoms with Crippen LogP contribution in [0.15, 0.2) is 53.5 Å². The standard InChI is InChI=1S/C21H20N4O3S/c1-14-19(17(26)8-7-15-5-3-2-4-6-15)29-21(23-14)25-11-9-16(13-18(25)27)24-12-10-22-20(24)28/h2-6,9,11,13H,7-8,10,12H2,1H3,(H,22,28). The van der Waals surface area contributed by atoms with Crippen LogP contribution in [0, 0.1) is 6.92 Å². The van der Waals surface area contributed by atoms with E-state index in [1.165, 1.54) is 26.9 Å². The Morgan fingerprint density at radius 3 is 2.69 bits per heavy atom. The van der Waals surface area contributed by atoms with Crippen molar-refractivity contribution in [1.29, 1.82) is 0 Å². The van der Waals surface area contributed by atoms with Crippen molar-refractivity contribution in [2.75, 3.05) is 18.0 Å². The van der Waals surface area contributed by atoms with Crippen molar-refractivity contribution in [2.24, 2.45) is 0 Å². The van der Waals surface area contributed by atoms with Crippen LogP contribution in [0.25, 0.3) is 5.13 Å². The second-order valence-corrected chi connectivity index (χ2v) is 7.77. The van der Waals surface area contributed by atoms with E-state index >= 15 is 0 Å². The first-order valence-electron chi connectivity index (χ1n) is 9.36. The van der Waals surface area contributed by atoms with Crippen molar-refractivity contribution in [3.63, 3.8) is 0 Å². The predicted octanol–water partition coefficient (Wildman–Crippen LogP) is 2.95. The first-order chi connectivity index (χ1) is 14.0. The van der Waals surface area contributed by atoms with Crippen LogP contribution in [0.2, 0.25) is 0 Å². The molecular weight excluding hydrogens is 388 g/mol. The molecule has 2 amide bonds. The Kier molecular flexibility index (Phi) is 5.26. The molecule has 3 heterocycles. The Hall–Kier alpha value is -3.26. The lowest BCUT2D eigenvalue weighted by Gasteiger charge is -2.14. The maximum absolute atomic E-state index is 12.7. The van der Waals surface area contributed by atoms with Crippen LogP contribution in [-0.4, -0.2) is 34.5 Å². The molecule has 1 aliphatic heterocycles. The molecule has 0 atom stereocenters. The third kappa shape index (κ3) is 3.97. The smallest absolute Gasteiger partial charge is 0.322 e. The molecule has 0 saturated carbocycles. The van der Waals surface area contributed by atoms with Crippen LogP contribution < -0.4 is 15.8 Å². The van der Waals surface area contributed by atoms with Gasteiger partial charge < -0.3 is 5.32 Å². The molecule has 1 N–H and O–H groups in total. The van der Waals surface area contributed by atoms with Crippen LogP contribution in [0.4, 0.5) is 10.5 Å². The van der Waals surface area contributed by atoms with Crippen LogP contribution in [0.1, 0.15) is 27.3 Å². The number of Topliss-reactive ketones (excluding diaryl/α,β-unsaturated/α-hetero) is 1. The number of ketones is 1. The first-order valence-corrected chi connectivity index (χ1v) is 10.2. The van der Waals surface area contributed by atoms with Gasteiger partial charge in [0.05, 0.1) is 16.3 Å². The highest BCUT2D eigenvalue weighted by Crippen LogP contribution is 2.24. The van der Waals surface area contributed by atoms with Crippen molar-refractivity contribution in [2.45, 2.75) is 19.8 Å². The molecule has 1 aromatic carbocycles. The molecule has 0 aliphatic carbocycles. The number of aryl methyl sites for hydroxylation is 2. The van der Waals surface area contributed by atoms with Gasteiger partial charge in [-0.15, -0.1) is 0 Å². The van der Waals surface area contributed by atoms with E-state index in [2.05, 4.69) is 10.3 Å². The van der Waals surface area contributed by atoms with E-state index in [1.54, 1.807) is 19.2 Å². The number of nitrogens with one attached hydrogen (secondary N) is 1. The largest absolute Gasteiger partial charge is 0.336 e. The van der Waals surface area contributed by atoms with Gasteiger partial charge in [0.25, 0.3) is 5.56 Å². The van der Waals surface area contributed by atoms with E-state index in [0.29, 0.717) is 47.3 Å². The number of aromatic nitrogens is 2. The maximum atomic E-state index is 12.7. The number of amides is 2. The lowest BCUT2D eigenvalue weighted by Crippen LogP contribution is -2.29. The van der Waals surface area contributed by atoms with Gasteiger partial charge in [0.1, 0.15) is 0 Å². The number of hydrogen-bond donors (Lipinski definition) is 1. The maximum Gasteiger partial charge on any atom is 0.322 e. The number of urea groups is 1. The molecule has 8 heteroatoms. The summed E-state index contributed by atoms with van der Waals surface area (Å²) in [5.41, 5.74) is 1.99. The zero-order valence-electron chi connectivity index (χ0n) is 15.9. The second kappa shape index (κ2) is 8.00. The van der Waals surface area contributed by atoms with Crippen LogP contribution in [-0.2, 0) is 6.42 Å². The van der Waals surface area contributed by atoms with Crippen molar-refractivity contribution < 1.29 is 9.59 Å². The molecule has 7 nitrogen and oxygen atoms in total.